The van der Waals surface area contributed by atoms with Crippen molar-refractivity contribution in [2.45, 2.75) is 56.1 Å². The van der Waals surface area contributed by atoms with Gasteiger partial charge < -0.3 is 14.8 Å². The second-order valence-electron chi connectivity index (χ2n) is 8.42. The Morgan fingerprint density at radius 3 is 2.32 bits per heavy atom. The lowest BCUT2D eigenvalue weighted by molar-refractivity contribution is -0.131. The van der Waals surface area contributed by atoms with Crippen LogP contribution in [0.2, 0.25) is 0 Å². The molecule has 0 bridgehead atoms. The van der Waals surface area contributed by atoms with Gasteiger partial charge in [0, 0.05) is 31.4 Å². The molecule has 1 aliphatic heterocycles. The summed E-state index contributed by atoms with van der Waals surface area (Å²) in [7, 11) is 0. The van der Waals surface area contributed by atoms with Gasteiger partial charge in [-0.15, -0.1) is 0 Å². The summed E-state index contributed by atoms with van der Waals surface area (Å²) in [6.45, 7) is 1.16. The molecular weight excluding hydrogens is 392 g/mol. The molecule has 2 amide bonds. The number of anilines is 1. The van der Waals surface area contributed by atoms with E-state index in [1.165, 1.54) is 0 Å². The van der Waals surface area contributed by atoms with Gasteiger partial charge in [-0.05, 0) is 49.8 Å². The van der Waals surface area contributed by atoms with Crippen molar-refractivity contribution in [1.29, 1.82) is 0 Å². The first-order chi connectivity index (χ1) is 15.2. The molecule has 2 N–H and O–H groups in total. The number of amides is 2. The molecule has 6 nitrogen and oxygen atoms in total. The summed E-state index contributed by atoms with van der Waals surface area (Å²) in [5, 5.41) is 6.04. The van der Waals surface area contributed by atoms with E-state index < -0.39 is 11.5 Å². The lowest BCUT2D eigenvalue weighted by Crippen LogP contribution is -2.52. The van der Waals surface area contributed by atoms with Crippen LogP contribution < -0.4 is 10.6 Å². The van der Waals surface area contributed by atoms with Crippen LogP contribution in [0, 0.1) is 0 Å². The Balaban J connectivity index is 1.37. The molecule has 0 aromatic heterocycles. The minimum atomic E-state index is -0.558. The van der Waals surface area contributed by atoms with Gasteiger partial charge in [-0.2, -0.15) is 0 Å². The van der Waals surface area contributed by atoms with Crippen molar-refractivity contribution in [2.75, 3.05) is 18.5 Å². The Bertz CT molecular complexity index is 866. The number of carbonyl (C=O) groups is 2. The fraction of sp³-hybridized carbons (Fsp3) is 0.440. The number of ether oxygens (including phenoxy) is 2. The number of hydrogen-bond donors (Lipinski definition) is 2. The van der Waals surface area contributed by atoms with Crippen molar-refractivity contribution >= 4 is 17.7 Å². The lowest BCUT2D eigenvalue weighted by Gasteiger charge is -2.38. The maximum atomic E-state index is 13.5. The highest BCUT2D eigenvalue weighted by Crippen LogP contribution is 2.36. The van der Waals surface area contributed by atoms with E-state index in [0.29, 0.717) is 38.2 Å². The maximum Gasteiger partial charge on any atom is 0.411 e. The van der Waals surface area contributed by atoms with Crippen LogP contribution in [-0.4, -0.2) is 37.4 Å². The van der Waals surface area contributed by atoms with Gasteiger partial charge in [-0.1, -0.05) is 48.5 Å². The third kappa shape index (κ3) is 5.25. The highest BCUT2D eigenvalue weighted by molar-refractivity contribution is 5.88. The van der Waals surface area contributed by atoms with Crippen molar-refractivity contribution in [3.63, 3.8) is 0 Å². The van der Waals surface area contributed by atoms with Crippen LogP contribution in [0.4, 0.5) is 10.5 Å². The third-order valence-corrected chi connectivity index (χ3v) is 6.36. The van der Waals surface area contributed by atoms with Gasteiger partial charge >= 0.3 is 6.09 Å². The summed E-state index contributed by atoms with van der Waals surface area (Å²) in [5.74, 6) is 0.0568. The van der Waals surface area contributed by atoms with E-state index in [9.17, 15) is 9.59 Å². The molecule has 2 aromatic carbocycles. The van der Waals surface area contributed by atoms with Crippen LogP contribution in [0.1, 0.15) is 44.1 Å². The molecule has 2 atom stereocenters. The highest BCUT2D eigenvalue weighted by Gasteiger charge is 2.42. The predicted octanol–water partition coefficient (Wildman–Crippen LogP) is 4.41. The first kappa shape index (κ1) is 21.4. The van der Waals surface area contributed by atoms with Crippen molar-refractivity contribution < 1.29 is 19.1 Å². The van der Waals surface area contributed by atoms with Crippen molar-refractivity contribution in [3.8, 4) is 0 Å². The molecule has 31 heavy (non-hydrogen) atoms. The van der Waals surface area contributed by atoms with Crippen LogP contribution >= 0.6 is 0 Å². The molecule has 0 unspecified atom stereocenters. The zero-order chi connectivity index (χ0) is 21.5. The van der Waals surface area contributed by atoms with Crippen LogP contribution in [-0.2, 0) is 19.7 Å². The summed E-state index contributed by atoms with van der Waals surface area (Å²) in [6.07, 6.45) is 3.95. The Hall–Kier alpha value is -2.86. The van der Waals surface area contributed by atoms with E-state index in [1.54, 1.807) is 0 Å². The minimum Gasteiger partial charge on any atom is -0.446 e. The fourth-order valence-electron chi connectivity index (χ4n) is 4.65. The third-order valence-electron chi connectivity index (χ3n) is 6.36. The number of rotatable bonds is 5. The van der Waals surface area contributed by atoms with Gasteiger partial charge in [0.2, 0.25) is 5.91 Å². The Morgan fingerprint density at radius 1 is 0.935 bits per heavy atom. The molecule has 1 saturated carbocycles. The summed E-state index contributed by atoms with van der Waals surface area (Å²) in [4.78, 5) is 25.7. The van der Waals surface area contributed by atoms with Crippen molar-refractivity contribution in [2.24, 2.45) is 0 Å². The maximum absolute atomic E-state index is 13.5. The van der Waals surface area contributed by atoms with E-state index in [0.717, 1.165) is 24.8 Å². The molecule has 6 heteroatoms. The number of para-hydroxylation sites is 1. The Morgan fingerprint density at radius 2 is 1.61 bits per heavy atom. The number of nitrogens with one attached hydrogen (secondary N) is 2. The molecule has 2 fully saturated rings. The average Bonchev–Trinajstić information content (AvgIpc) is 2.81. The lowest BCUT2D eigenvalue weighted by atomic mass is 9.73. The monoisotopic (exact) mass is 422 g/mol. The number of carbonyl (C=O) groups excluding carboxylic acids is 2. The topological polar surface area (TPSA) is 76.7 Å². The van der Waals surface area contributed by atoms with Crippen LogP contribution in [0.15, 0.2) is 60.7 Å². The van der Waals surface area contributed by atoms with Gasteiger partial charge in [0.1, 0.15) is 6.10 Å². The SMILES string of the molecule is O=C(Nc1ccccc1)O[C@@H]1CCC[C@H](NC(=O)C2(c3ccccc3)CCOCC2)C1. The quantitative estimate of drug-likeness (QED) is 0.748. The first-order valence-electron chi connectivity index (χ1n) is 11.1. The molecule has 1 saturated heterocycles. The van der Waals surface area contributed by atoms with Crippen molar-refractivity contribution in [1.82, 2.24) is 5.32 Å². The average molecular weight is 423 g/mol. The molecule has 0 spiro atoms. The van der Waals surface area contributed by atoms with Gasteiger partial charge in [-0.25, -0.2) is 4.79 Å². The number of benzene rings is 2. The first-order valence-corrected chi connectivity index (χ1v) is 11.1. The second-order valence-corrected chi connectivity index (χ2v) is 8.42. The molecule has 164 valence electrons. The molecule has 1 aliphatic carbocycles. The van der Waals surface area contributed by atoms with Gasteiger partial charge in [-0.3, -0.25) is 10.1 Å². The Labute approximate surface area is 183 Å². The van der Waals surface area contributed by atoms with Gasteiger partial charge in [0.25, 0.3) is 0 Å². The van der Waals surface area contributed by atoms with E-state index in [4.69, 9.17) is 9.47 Å². The predicted molar refractivity (Wildman–Crippen MR) is 119 cm³/mol. The highest BCUT2D eigenvalue weighted by atomic mass is 16.6. The largest absolute Gasteiger partial charge is 0.446 e. The van der Waals surface area contributed by atoms with Gasteiger partial charge in [0.05, 0.1) is 5.41 Å². The fourth-order valence-corrected chi connectivity index (χ4v) is 4.65. The summed E-state index contributed by atoms with van der Waals surface area (Å²) in [5.41, 5.74) is 1.19. The number of hydrogen-bond acceptors (Lipinski definition) is 4. The summed E-state index contributed by atoms with van der Waals surface area (Å²) in [6, 6.07) is 19.3. The molecule has 2 aliphatic rings. The van der Waals surface area contributed by atoms with E-state index in [1.807, 2.05) is 60.7 Å². The van der Waals surface area contributed by atoms with Crippen LogP contribution in [0.25, 0.3) is 0 Å². The summed E-state index contributed by atoms with van der Waals surface area (Å²) < 4.78 is 11.2. The summed E-state index contributed by atoms with van der Waals surface area (Å²) >= 11 is 0. The zero-order valence-electron chi connectivity index (χ0n) is 17.7. The van der Waals surface area contributed by atoms with E-state index in [2.05, 4.69) is 10.6 Å². The molecule has 4 rings (SSSR count). The van der Waals surface area contributed by atoms with Gasteiger partial charge in [0.15, 0.2) is 0 Å². The van der Waals surface area contributed by atoms with E-state index in [-0.39, 0.29) is 18.1 Å². The molecular formula is C25H30N2O4. The van der Waals surface area contributed by atoms with E-state index >= 15 is 0 Å². The molecule has 0 radical (unpaired) electrons. The minimum absolute atomic E-state index is 0.000734. The molecule has 2 aromatic rings. The van der Waals surface area contributed by atoms with Crippen LogP contribution in [0.5, 0.6) is 0 Å². The second kappa shape index (κ2) is 9.96. The zero-order valence-corrected chi connectivity index (χ0v) is 17.7. The standard InChI is InChI=1S/C25H30N2O4/c28-23(25(14-16-30-17-15-25)19-8-3-1-4-9-19)26-21-12-7-13-22(18-21)31-24(29)27-20-10-5-2-6-11-20/h1-6,8-11,21-22H,7,12-18H2,(H,26,28)(H,27,29)/t21-,22+/m0/s1. The van der Waals surface area contributed by atoms with Crippen molar-refractivity contribution in [3.05, 3.63) is 66.2 Å². The normalized spacial score (nSPS) is 22.8. The Kier molecular flexibility index (Phi) is 6.87. The van der Waals surface area contributed by atoms with Crippen LogP contribution in [0.3, 0.4) is 0 Å². The molecule has 1 heterocycles. The smallest absolute Gasteiger partial charge is 0.411 e.